The third kappa shape index (κ3) is 3.68. The van der Waals surface area contributed by atoms with Gasteiger partial charge in [-0.15, -0.1) is 0 Å². The van der Waals surface area contributed by atoms with Crippen molar-refractivity contribution in [1.29, 1.82) is 0 Å². The van der Waals surface area contributed by atoms with Gasteiger partial charge in [0.15, 0.2) is 0 Å². The van der Waals surface area contributed by atoms with E-state index < -0.39 is 17.8 Å². The molecule has 0 radical (unpaired) electrons. The number of fused-ring (bicyclic) bond motifs is 2. The Labute approximate surface area is 189 Å². The number of rotatable bonds is 4. The molecule has 2 amide bonds. The summed E-state index contributed by atoms with van der Waals surface area (Å²) in [4.78, 5) is 38.1. The lowest BCUT2D eigenvalue weighted by Crippen LogP contribution is -2.24. The number of carbonyl (C=O) groups is 3. The van der Waals surface area contributed by atoms with Crippen LogP contribution in [0.15, 0.2) is 90.0 Å². The maximum atomic E-state index is 12.7. The summed E-state index contributed by atoms with van der Waals surface area (Å²) in [5, 5.41) is 6.69. The number of esters is 1. The Morgan fingerprint density at radius 3 is 2.15 bits per heavy atom. The van der Waals surface area contributed by atoms with Crippen LogP contribution in [0.1, 0.15) is 42.2 Å². The number of carbonyl (C=O) groups excluding carboxylic acids is 3. The number of hydrogen-bond acceptors (Lipinski definition) is 5. The smallest absolute Gasteiger partial charge is 0.343 e. The van der Waals surface area contributed by atoms with Crippen LogP contribution < -0.4 is 4.74 Å². The fraction of sp³-hybridized carbons (Fsp3) is 0.0370. The molecule has 0 bridgehead atoms. The molecule has 0 atom stereocenters. The highest BCUT2D eigenvalue weighted by molar-refractivity contribution is 6.21. The van der Waals surface area contributed by atoms with Crippen molar-refractivity contribution in [3.63, 3.8) is 0 Å². The maximum absolute atomic E-state index is 12.7. The van der Waals surface area contributed by atoms with Gasteiger partial charge in [0, 0.05) is 5.56 Å². The van der Waals surface area contributed by atoms with E-state index in [-0.39, 0.29) is 5.75 Å². The van der Waals surface area contributed by atoms with Crippen molar-refractivity contribution >= 4 is 34.8 Å². The molecular weight excluding hydrogens is 416 g/mol. The van der Waals surface area contributed by atoms with E-state index in [9.17, 15) is 14.4 Å². The second kappa shape index (κ2) is 8.16. The van der Waals surface area contributed by atoms with Crippen molar-refractivity contribution < 1.29 is 19.1 Å². The zero-order chi connectivity index (χ0) is 22.9. The lowest BCUT2D eigenvalue weighted by molar-refractivity contribution is 0.0657. The average molecular weight is 434 g/mol. The Kier molecular flexibility index (Phi) is 5.03. The Balaban J connectivity index is 1.53. The van der Waals surface area contributed by atoms with Gasteiger partial charge in [0.1, 0.15) is 5.75 Å². The van der Waals surface area contributed by atoms with Gasteiger partial charge in [-0.25, -0.2) is 4.79 Å². The summed E-state index contributed by atoms with van der Waals surface area (Å²) >= 11 is 0. The number of imide groups is 1. The fourth-order valence-corrected chi connectivity index (χ4v) is 3.74. The van der Waals surface area contributed by atoms with E-state index >= 15 is 0 Å². The molecule has 4 aromatic carbocycles. The molecule has 0 N–H and O–H groups in total. The number of benzene rings is 4. The molecule has 33 heavy (non-hydrogen) atoms. The molecule has 6 nitrogen and oxygen atoms in total. The number of aryl methyl sites for hydroxylation is 1. The van der Waals surface area contributed by atoms with Crippen LogP contribution >= 0.6 is 0 Å². The van der Waals surface area contributed by atoms with Crippen molar-refractivity contribution in [2.45, 2.75) is 6.92 Å². The first-order chi connectivity index (χ1) is 16.0. The van der Waals surface area contributed by atoms with E-state index in [0.29, 0.717) is 22.3 Å². The molecule has 1 aliphatic rings. The molecule has 6 heteroatoms. The highest BCUT2D eigenvalue weighted by Crippen LogP contribution is 2.29. The van der Waals surface area contributed by atoms with E-state index in [1.165, 1.54) is 6.21 Å². The van der Waals surface area contributed by atoms with E-state index in [1.54, 1.807) is 42.5 Å². The summed E-state index contributed by atoms with van der Waals surface area (Å²) < 4.78 is 5.69. The second-order valence-corrected chi connectivity index (χ2v) is 7.67. The molecule has 160 valence electrons. The van der Waals surface area contributed by atoms with Gasteiger partial charge in [-0.3, -0.25) is 9.59 Å². The summed E-state index contributed by atoms with van der Waals surface area (Å²) in [5.41, 5.74) is 2.56. The number of amides is 2. The van der Waals surface area contributed by atoms with Crippen LogP contribution in [0.3, 0.4) is 0 Å². The van der Waals surface area contributed by atoms with Crippen LogP contribution in [0, 0.1) is 6.92 Å². The topological polar surface area (TPSA) is 76.0 Å². The Hall–Kier alpha value is -4.58. The van der Waals surface area contributed by atoms with Gasteiger partial charge < -0.3 is 4.74 Å². The Morgan fingerprint density at radius 1 is 0.818 bits per heavy atom. The van der Waals surface area contributed by atoms with Gasteiger partial charge in [-0.2, -0.15) is 10.1 Å². The van der Waals surface area contributed by atoms with E-state index in [0.717, 1.165) is 21.3 Å². The van der Waals surface area contributed by atoms with Crippen molar-refractivity contribution in [1.82, 2.24) is 5.01 Å². The third-order valence-corrected chi connectivity index (χ3v) is 5.50. The quantitative estimate of drug-likeness (QED) is 0.196. The lowest BCUT2D eigenvalue weighted by Gasteiger charge is -2.12. The van der Waals surface area contributed by atoms with Crippen LogP contribution in [0.5, 0.6) is 5.75 Å². The molecule has 4 aromatic rings. The van der Waals surface area contributed by atoms with Gasteiger partial charge in [-0.05, 0) is 48.0 Å². The van der Waals surface area contributed by atoms with Crippen LogP contribution in [-0.4, -0.2) is 29.0 Å². The number of nitrogens with zero attached hydrogens (tertiary/aromatic N) is 2. The molecule has 0 saturated heterocycles. The van der Waals surface area contributed by atoms with Gasteiger partial charge in [0.2, 0.25) is 0 Å². The monoisotopic (exact) mass is 434 g/mol. The predicted molar refractivity (Wildman–Crippen MR) is 125 cm³/mol. The van der Waals surface area contributed by atoms with Crippen LogP contribution in [0.2, 0.25) is 0 Å². The molecule has 0 aliphatic carbocycles. The molecule has 5 rings (SSSR count). The maximum Gasteiger partial charge on any atom is 0.343 e. The first-order valence-electron chi connectivity index (χ1n) is 10.4. The lowest BCUT2D eigenvalue weighted by atomic mass is 10.0. The second-order valence-electron chi connectivity index (χ2n) is 7.67. The van der Waals surface area contributed by atoms with Gasteiger partial charge in [-0.1, -0.05) is 60.2 Å². The largest absolute Gasteiger partial charge is 0.422 e. The van der Waals surface area contributed by atoms with E-state index in [4.69, 9.17) is 4.74 Å². The standard InChI is InChI=1S/C27H18N2O4/c1-17-10-12-19(13-11-17)27(32)33-24-15-14-18-6-2-3-7-20(18)23(24)16-28-29-25(30)21-8-4-5-9-22(21)26(29)31/h2-16H,1H3/b28-16-. The third-order valence-electron chi connectivity index (χ3n) is 5.50. The molecule has 1 aliphatic heterocycles. The highest BCUT2D eigenvalue weighted by atomic mass is 16.5. The minimum Gasteiger partial charge on any atom is -0.422 e. The van der Waals surface area contributed by atoms with Crippen LogP contribution in [0.25, 0.3) is 10.8 Å². The normalized spacial score (nSPS) is 13.1. The van der Waals surface area contributed by atoms with Gasteiger partial charge >= 0.3 is 5.97 Å². The first kappa shape index (κ1) is 20.3. The average Bonchev–Trinajstić information content (AvgIpc) is 3.08. The molecular formula is C27H18N2O4. The fourth-order valence-electron chi connectivity index (χ4n) is 3.74. The summed E-state index contributed by atoms with van der Waals surface area (Å²) in [6.45, 7) is 1.94. The minimum atomic E-state index is -0.513. The van der Waals surface area contributed by atoms with Gasteiger partial charge in [0.25, 0.3) is 11.8 Å². The van der Waals surface area contributed by atoms with Crippen molar-refractivity contribution in [3.8, 4) is 5.75 Å². The van der Waals surface area contributed by atoms with Crippen LogP contribution in [-0.2, 0) is 0 Å². The summed E-state index contributed by atoms with van der Waals surface area (Å²) in [7, 11) is 0. The minimum absolute atomic E-state index is 0.277. The number of ether oxygens (including phenoxy) is 1. The van der Waals surface area contributed by atoms with Crippen molar-refractivity contribution in [2.75, 3.05) is 0 Å². The number of hydrazone groups is 1. The molecule has 0 fully saturated rings. The van der Waals surface area contributed by atoms with Crippen molar-refractivity contribution in [3.05, 3.63) is 113 Å². The molecule has 0 unspecified atom stereocenters. The molecule has 0 aromatic heterocycles. The zero-order valence-corrected chi connectivity index (χ0v) is 17.7. The van der Waals surface area contributed by atoms with E-state index in [1.807, 2.05) is 49.4 Å². The Bertz CT molecular complexity index is 1420. The Morgan fingerprint density at radius 2 is 1.45 bits per heavy atom. The first-order valence-corrected chi connectivity index (χ1v) is 10.4. The predicted octanol–water partition coefficient (Wildman–Crippen LogP) is 5.00. The van der Waals surface area contributed by atoms with Crippen LogP contribution in [0.4, 0.5) is 0 Å². The molecule has 0 saturated carbocycles. The summed E-state index contributed by atoms with van der Waals surface area (Å²) in [6.07, 6.45) is 1.39. The molecule has 1 heterocycles. The SMILES string of the molecule is Cc1ccc(C(=O)Oc2ccc3ccccc3c2/C=N\N2C(=O)c3ccccc3C2=O)cc1. The molecule has 0 spiro atoms. The summed E-state index contributed by atoms with van der Waals surface area (Å²) in [5.74, 6) is -1.23. The van der Waals surface area contributed by atoms with Crippen molar-refractivity contribution in [2.24, 2.45) is 5.10 Å². The summed E-state index contributed by atoms with van der Waals surface area (Å²) in [6, 6.07) is 24.7. The van der Waals surface area contributed by atoms with Gasteiger partial charge in [0.05, 0.1) is 22.9 Å². The van der Waals surface area contributed by atoms with E-state index in [2.05, 4.69) is 5.10 Å². The highest BCUT2D eigenvalue weighted by Gasteiger charge is 2.35. The number of hydrogen-bond donors (Lipinski definition) is 0. The zero-order valence-electron chi connectivity index (χ0n) is 17.7.